The minimum absolute atomic E-state index is 0.0810. The minimum Gasteiger partial charge on any atom is -0.497 e. The van der Waals surface area contributed by atoms with E-state index in [0.29, 0.717) is 16.9 Å². The van der Waals surface area contributed by atoms with Crippen LogP contribution in [-0.4, -0.2) is 19.6 Å². The molecule has 0 aliphatic carbocycles. The quantitative estimate of drug-likeness (QED) is 0.374. The Hall–Kier alpha value is -4.27. The number of nitrogens with one attached hydrogen (secondary N) is 1. The Morgan fingerprint density at radius 1 is 1.03 bits per heavy atom. The summed E-state index contributed by atoms with van der Waals surface area (Å²) in [5.74, 6) is -0.436. The molecule has 1 heterocycles. The van der Waals surface area contributed by atoms with E-state index in [0.717, 1.165) is 17.7 Å². The Morgan fingerprint density at radius 3 is 2.43 bits per heavy atom. The molecule has 0 atom stereocenters. The summed E-state index contributed by atoms with van der Waals surface area (Å²) in [5, 5.41) is 2.44. The van der Waals surface area contributed by atoms with Gasteiger partial charge in [0.1, 0.15) is 11.3 Å². The van der Waals surface area contributed by atoms with E-state index in [4.69, 9.17) is 13.9 Å². The maximum Gasteiger partial charge on any atom is 0.418 e. The van der Waals surface area contributed by atoms with E-state index in [-0.39, 0.29) is 16.9 Å². The number of aryl methyl sites for hydroxylation is 1. The summed E-state index contributed by atoms with van der Waals surface area (Å²) in [6, 6.07) is 16.3. The number of hydrogen-bond acceptors (Lipinski definition) is 5. The number of anilines is 1. The van der Waals surface area contributed by atoms with Crippen LogP contribution in [0.3, 0.4) is 0 Å². The molecule has 35 heavy (non-hydrogen) atoms. The largest absolute Gasteiger partial charge is 0.497 e. The molecule has 3 aromatic carbocycles. The van der Waals surface area contributed by atoms with Crippen LogP contribution in [0.15, 0.2) is 75.9 Å². The van der Waals surface area contributed by atoms with Crippen LogP contribution in [0.4, 0.5) is 18.9 Å². The number of methoxy groups -OCH3 is 1. The van der Waals surface area contributed by atoms with Crippen LogP contribution in [0.1, 0.15) is 11.1 Å². The first-order valence-electron chi connectivity index (χ1n) is 10.5. The minimum atomic E-state index is -4.65. The van der Waals surface area contributed by atoms with E-state index >= 15 is 0 Å². The molecule has 0 fully saturated rings. The van der Waals surface area contributed by atoms with Crippen LogP contribution < -0.4 is 20.2 Å². The number of rotatable bonds is 6. The molecule has 0 aliphatic rings. The molecule has 0 unspecified atom stereocenters. The van der Waals surface area contributed by atoms with Crippen LogP contribution >= 0.6 is 0 Å². The maximum absolute atomic E-state index is 13.3. The summed E-state index contributed by atoms with van der Waals surface area (Å²) in [7, 11) is 1.51. The maximum atomic E-state index is 13.3. The van der Waals surface area contributed by atoms with E-state index in [1.807, 2.05) is 6.92 Å². The van der Waals surface area contributed by atoms with Gasteiger partial charge in [0.2, 0.25) is 11.2 Å². The number of para-hydroxylation sites is 1. The Bertz CT molecular complexity index is 1440. The predicted octanol–water partition coefficient (Wildman–Crippen LogP) is 5.81. The second-order valence-electron chi connectivity index (χ2n) is 7.70. The van der Waals surface area contributed by atoms with Gasteiger partial charge < -0.3 is 19.2 Å². The third kappa shape index (κ3) is 5.13. The van der Waals surface area contributed by atoms with Crippen molar-refractivity contribution in [1.29, 1.82) is 0 Å². The fourth-order valence-electron chi connectivity index (χ4n) is 3.52. The molecule has 0 saturated heterocycles. The highest BCUT2D eigenvalue weighted by Crippen LogP contribution is 2.35. The first-order valence-corrected chi connectivity index (χ1v) is 10.5. The van der Waals surface area contributed by atoms with Crippen molar-refractivity contribution in [3.8, 4) is 22.8 Å². The smallest absolute Gasteiger partial charge is 0.418 e. The lowest BCUT2D eigenvalue weighted by molar-refractivity contribution is -0.137. The van der Waals surface area contributed by atoms with Crippen molar-refractivity contribution >= 4 is 22.6 Å². The highest BCUT2D eigenvalue weighted by Gasteiger charge is 2.33. The Balaban J connectivity index is 1.68. The average molecular weight is 483 g/mol. The van der Waals surface area contributed by atoms with Crippen molar-refractivity contribution in [3.63, 3.8) is 0 Å². The first-order chi connectivity index (χ1) is 16.7. The van der Waals surface area contributed by atoms with Gasteiger partial charge in [-0.2, -0.15) is 13.2 Å². The van der Waals surface area contributed by atoms with E-state index in [1.165, 1.54) is 19.2 Å². The van der Waals surface area contributed by atoms with Gasteiger partial charge in [-0.1, -0.05) is 23.8 Å². The monoisotopic (exact) mass is 483 g/mol. The number of benzene rings is 3. The van der Waals surface area contributed by atoms with Gasteiger partial charge in [-0.25, -0.2) is 0 Å². The SMILES string of the molecule is COc1ccc(-c2oc3ccc(C)cc3c(=O)c2OCC(=O)Nc2ccccc2C(F)(F)F)cc1. The summed E-state index contributed by atoms with van der Waals surface area (Å²) in [6.07, 6.45) is -4.65. The van der Waals surface area contributed by atoms with Crippen molar-refractivity contribution in [1.82, 2.24) is 0 Å². The molecule has 0 saturated carbocycles. The summed E-state index contributed by atoms with van der Waals surface area (Å²) >= 11 is 0. The van der Waals surface area contributed by atoms with Crippen molar-refractivity contribution in [2.45, 2.75) is 13.1 Å². The summed E-state index contributed by atoms with van der Waals surface area (Å²) in [4.78, 5) is 25.7. The predicted molar refractivity (Wildman–Crippen MR) is 125 cm³/mol. The highest BCUT2D eigenvalue weighted by molar-refractivity contribution is 5.93. The van der Waals surface area contributed by atoms with Crippen LogP contribution in [0.25, 0.3) is 22.3 Å². The number of carbonyl (C=O) groups is 1. The first kappa shape index (κ1) is 23.9. The fourth-order valence-corrected chi connectivity index (χ4v) is 3.52. The third-order valence-corrected chi connectivity index (χ3v) is 5.21. The number of fused-ring (bicyclic) bond motifs is 1. The molecule has 0 spiro atoms. The zero-order valence-corrected chi connectivity index (χ0v) is 18.7. The average Bonchev–Trinajstić information content (AvgIpc) is 2.83. The van der Waals surface area contributed by atoms with E-state index in [2.05, 4.69) is 5.32 Å². The Morgan fingerprint density at radius 2 is 1.74 bits per heavy atom. The Kier molecular flexibility index (Phi) is 6.50. The second-order valence-corrected chi connectivity index (χ2v) is 7.70. The van der Waals surface area contributed by atoms with Gasteiger partial charge in [0, 0.05) is 5.56 Å². The third-order valence-electron chi connectivity index (χ3n) is 5.21. The molecule has 4 rings (SSSR count). The molecular weight excluding hydrogens is 463 g/mol. The zero-order chi connectivity index (χ0) is 25.2. The standard InChI is InChI=1S/C26H20F3NO5/c1-15-7-12-21-18(13-15)23(32)25(24(35-21)16-8-10-17(33-2)11-9-16)34-14-22(31)30-20-6-4-3-5-19(20)26(27,28)29/h3-13H,14H2,1-2H3,(H,30,31). The van der Waals surface area contributed by atoms with Gasteiger partial charge in [-0.15, -0.1) is 0 Å². The number of hydrogen-bond donors (Lipinski definition) is 1. The van der Waals surface area contributed by atoms with Crippen molar-refractivity contribution in [2.24, 2.45) is 0 Å². The summed E-state index contributed by atoms with van der Waals surface area (Å²) in [6.45, 7) is 1.10. The van der Waals surface area contributed by atoms with E-state index in [1.54, 1.807) is 42.5 Å². The molecule has 9 heteroatoms. The number of carbonyl (C=O) groups excluding carboxylic acids is 1. The molecule has 1 N–H and O–H groups in total. The molecule has 6 nitrogen and oxygen atoms in total. The second kappa shape index (κ2) is 9.54. The van der Waals surface area contributed by atoms with Crippen LogP contribution in [0.5, 0.6) is 11.5 Å². The van der Waals surface area contributed by atoms with Crippen molar-refractivity contribution in [3.05, 3.63) is 88.1 Å². The number of halogens is 3. The number of alkyl halides is 3. The molecule has 0 bridgehead atoms. The molecule has 1 amide bonds. The van der Waals surface area contributed by atoms with Crippen LogP contribution in [-0.2, 0) is 11.0 Å². The van der Waals surface area contributed by atoms with Crippen LogP contribution in [0, 0.1) is 6.92 Å². The summed E-state index contributed by atoms with van der Waals surface area (Å²) < 4.78 is 56.4. The molecule has 0 aliphatic heterocycles. The van der Waals surface area contributed by atoms with Gasteiger partial charge in [0.25, 0.3) is 5.91 Å². The molecule has 1 aromatic heterocycles. The molecule has 180 valence electrons. The fraction of sp³-hybridized carbons (Fsp3) is 0.154. The van der Waals surface area contributed by atoms with Crippen molar-refractivity contribution in [2.75, 3.05) is 19.0 Å². The van der Waals surface area contributed by atoms with Gasteiger partial charge in [0.15, 0.2) is 12.4 Å². The number of amides is 1. The van der Waals surface area contributed by atoms with E-state index in [9.17, 15) is 22.8 Å². The summed E-state index contributed by atoms with van der Waals surface area (Å²) in [5.41, 5.74) is -0.289. The van der Waals surface area contributed by atoms with Gasteiger partial charge in [-0.3, -0.25) is 9.59 Å². The van der Waals surface area contributed by atoms with Gasteiger partial charge in [0.05, 0.1) is 23.7 Å². The lowest BCUT2D eigenvalue weighted by Gasteiger charge is -2.15. The van der Waals surface area contributed by atoms with Crippen molar-refractivity contribution < 1.29 is 31.9 Å². The topological polar surface area (TPSA) is 77.8 Å². The van der Waals surface area contributed by atoms with E-state index < -0.39 is 35.4 Å². The molecular formula is C26H20F3NO5. The van der Waals surface area contributed by atoms with Gasteiger partial charge >= 0.3 is 6.18 Å². The molecule has 4 aromatic rings. The lowest BCUT2D eigenvalue weighted by Crippen LogP contribution is -2.24. The highest BCUT2D eigenvalue weighted by atomic mass is 19.4. The zero-order valence-electron chi connectivity index (χ0n) is 18.7. The lowest BCUT2D eigenvalue weighted by atomic mass is 10.1. The molecule has 0 radical (unpaired) electrons. The normalized spacial score (nSPS) is 11.3. The number of ether oxygens (including phenoxy) is 2. The van der Waals surface area contributed by atoms with Gasteiger partial charge in [-0.05, 0) is 55.5 Å². The Labute approximate surface area is 197 Å². The van der Waals surface area contributed by atoms with Crippen LogP contribution in [0.2, 0.25) is 0 Å².